The van der Waals surface area contributed by atoms with Crippen LogP contribution in [0.25, 0.3) is 65.8 Å². The van der Waals surface area contributed by atoms with Crippen LogP contribution < -0.4 is 35.5 Å². The molecule has 0 aliphatic carbocycles. The standard InChI is InChI=1S/C31H23N3O.C30H23N3OSi.C24H18N2O2Si.3Pt/c1-31(2,29-12-6-8-18-32-29)22-14-16-27-25(20-22)26-21-24(15-17-28(26)35-27)34(23-10-4-3-5-11-23)30-13-7-9-19-33-30;1-35(2,30-13-7-9-19-32-30)24-15-17-28-26(21-24)25-20-23(14-16-27(25)34-28)33(22-10-4-3-5-11-22)29-12-6-8-18-31-29;1-29(2,24-8-4-6-14-26-24)18-10-12-22-20(16-18)19-15-17(9-11-21(19)28-22)27-23-7-3-5-13-25-23;;;/h2*3-19H,1-2H3;3-14H,1-2H3;;;/q3*-2;3*+2. The summed E-state index contributed by atoms with van der Waals surface area (Å²) in [5.41, 5.74) is 10.3. The van der Waals surface area contributed by atoms with Gasteiger partial charge in [-0.3, -0.25) is 15.0 Å². The van der Waals surface area contributed by atoms with Crippen LogP contribution in [0.3, 0.4) is 0 Å². The van der Waals surface area contributed by atoms with Gasteiger partial charge in [-0.2, -0.15) is 62.6 Å². The van der Waals surface area contributed by atoms with E-state index in [0.717, 1.165) is 122 Å². The van der Waals surface area contributed by atoms with Gasteiger partial charge in [-0.1, -0.05) is 119 Å². The molecule has 506 valence electrons. The quantitative estimate of drug-likeness (QED) is 0.0758. The molecule has 0 unspecified atom stereocenters. The van der Waals surface area contributed by atoms with Gasteiger partial charge < -0.3 is 27.8 Å². The van der Waals surface area contributed by atoms with E-state index in [1.165, 1.54) is 10.4 Å². The van der Waals surface area contributed by atoms with Crippen molar-refractivity contribution in [2.75, 3.05) is 9.80 Å². The first-order valence-electron chi connectivity index (χ1n) is 32.6. The molecule has 0 atom stereocenters. The molecular weight excluding hydrogens is 1840 g/mol. The predicted octanol–water partition coefficient (Wildman–Crippen LogP) is 18.6. The molecule has 17 heteroatoms. The third-order valence-corrected chi connectivity index (χ3v) is 24.3. The number of furan rings is 3. The second kappa shape index (κ2) is 31.1. The molecule has 12 nitrogen and oxygen atoms in total. The number of hydrogen-bond donors (Lipinski definition) is 0. The van der Waals surface area contributed by atoms with Gasteiger partial charge in [0.2, 0.25) is 5.88 Å². The zero-order valence-corrected chi connectivity index (χ0v) is 65.0. The zero-order chi connectivity index (χ0) is 67.5. The van der Waals surface area contributed by atoms with Gasteiger partial charge >= 0.3 is 63.2 Å². The van der Waals surface area contributed by atoms with Crippen molar-refractivity contribution in [3.63, 3.8) is 0 Å². The Labute approximate surface area is 637 Å². The number of anilines is 6. The number of hydrogen-bond acceptors (Lipinski definition) is 12. The summed E-state index contributed by atoms with van der Waals surface area (Å²) in [6, 6.07) is 102. The van der Waals surface area contributed by atoms with Gasteiger partial charge in [-0.05, 0) is 136 Å². The minimum atomic E-state index is -2.02. The molecule has 0 saturated heterocycles. The summed E-state index contributed by atoms with van der Waals surface area (Å²) in [5.74, 6) is 2.78. The third kappa shape index (κ3) is 14.7. The van der Waals surface area contributed by atoms with Crippen molar-refractivity contribution in [1.29, 1.82) is 0 Å². The maximum absolute atomic E-state index is 6.18. The molecule has 9 heterocycles. The van der Waals surface area contributed by atoms with E-state index < -0.39 is 16.1 Å². The second-order valence-corrected chi connectivity index (χ2v) is 34.0. The van der Waals surface area contributed by atoms with E-state index >= 15 is 0 Å². The first kappa shape index (κ1) is 71.8. The number of rotatable bonds is 14. The van der Waals surface area contributed by atoms with E-state index in [4.69, 9.17) is 18.0 Å². The van der Waals surface area contributed by atoms with E-state index in [1.807, 2.05) is 188 Å². The normalized spacial score (nSPS) is 11.4. The summed E-state index contributed by atoms with van der Waals surface area (Å²) in [6.07, 6.45) is 10.9. The van der Waals surface area contributed by atoms with Crippen molar-refractivity contribution in [3.8, 4) is 11.6 Å². The molecule has 8 aromatic carbocycles. The van der Waals surface area contributed by atoms with Crippen molar-refractivity contribution in [3.05, 3.63) is 327 Å². The number of nitrogens with zero attached hydrogens (tertiary/aromatic N) is 8. The Hall–Kier alpha value is -10.0. The fourth-order valence-electron chi connectivity index (χ4n) is 12.3. The van der Waals surface area contributed by atoms with Gasteiger partial charge in [0.15, 0.2) is 0 Å². The zero-order valence-electron chi connectivity index (χ0n) is 56.2. The fraction of sp³-hybridized carbons (Fsp3) is 0.0824. The fourth-order valence-corrected chi connectivity index (χ4v) is 16.5. The average Bonchev–Trinajstić information content (AvgIpc) is 1.60. The maximum Gasteiger partial charge on any atom is 2.00 e. The minimum absolute atomic E-state index is 0. The topological polar surface area (TPSA) is 132 Å². The summed E-state index contributed by atoms with van der Waals surface area (Å²) in [4.78, 5) is 31.5. The van der Waals surface area contributed by atoms with E-state index in [1.54, 1.807) is 18.6 Å². The molecule has 0 fully saturated rings. The molecule has 0 N–H and O–H groups in total. The Kier molecular flexibility index (Phi) is 21.9. The Morgan fingerprint density at radius 2 is 0.706 bits per heavy atom. The van der Waals surface area contributed by atoms with Gasteiger partial charge in [0, 0.05) is 82.1 Å². The smallest absolute Gasteiger partial charge is 0.564 e. The van der Waals surface area contributed by atoms with Crippen LogP contribution in [-0.4, -0.2) is 46.1 Å². The number of pyridine rings is 6. The van der Waals surface area contributed by atoms with E-state index in [0.29, 0.717) is 11.6 Å². The van der Waals surface area contributed by atoms with Crippen LogP contribution in [0.5, 0.6) is 11.6 Å². The van der Waals surface area contributed by atoms with E-state index in [2.05, 4.69) is 189 Å². The molecule has 0 saturated carbocycles. The van der Waals surface area contributed by atoms with E-state index in [-0.39, 0.29) is 68.6 Å². The van der Waals surface area contributed by atoms with Crippen molar-refractivity contribution < 1.29 is 81.2 Å². The van der Waals surface area contributed by atoms with Crippen LogP contribution in [0.1, 0.15) is 25.1 Å². The van der Waals surface area contributed by atoms with Crippen LogP contribution >= 0.6 is 0 Å². The molecule has 9 aromatic heterocycles. The number of ether oxygens (including phenoxy) is 1. The number of aromatic nitrogens is 6. The van der Waals surface area contributed by atoms with Gasteiger partial charge in [-0.15, -0.1) is 88.7 Å². The molecular formula is C85H64N8O4Pt3Si2. The Morgan fingerprint density at radius 1 is 0.333 bits per heavy atom. The summed E-state index contributed by atoms with van der Waals surface area (Å²) in [6.45, 7) is 13.5. The SMILES string of the molecule is CC(C)(c1[c-]c2c(cc1)oc1ccc(N(c3ccccc3)c3ccccn3)[c-]c12)c1ccccn1.C[Si](C)(c1[c-]c2c(cc1)oc1ccc(N(c3ccccc3)c3ccccn3)[c-]c12)c1ccccn1.C[Si](C)(c1[c-]c2c(cc1)oc1ccc(Oc3ccccn3)[c-]c12)c1ccccn1.[Pt+2].[Pt+2].[Pt+2]. The van der Waals surface area contributed by atoms with Gasteiger partial charge in [0.25, 0.3) is 0 Å². The number of benzene rings is 8. The molecule has 17 aromatic rings. The number of para-hydroxylation sites is 2. The van der Waals surface area contributed by atoms with Crippen molar-refractivity contribution in [2.24, 2.45) is 0 Å². The largest absolute Gasteiger partial charge is 2.00 e. The summed E-state index contributed by atoms with van der Waals surface area (Å²) in [7, 11) is -3.99. The van der Waals surface area contributed by atoms with Gasteiger partial charge in [0.05, 0.1) is 0 Å². The molecule has 102 heavy (non-hydrogen) atoms. The minimum Gasteiger partial charge on any atom is -0.564 e. The molecule has 0 amide bonds. The third-order valence-electron chi connectivity index (χ3n) is 17.9. The Morgan fingerprint density at radius 3 is 1.13 bits per heavy atom. The summed E-state index contributed by atoms with van der Waals surface area (Å²) in [5, 5.41) is 10.1. The Balaban J connectivity index is 0.000000143. The molecule has 17 rings (SSSR count). The van der Waals surface area contributed by atoms with E-state index in [9.17, 15) is 0 Å². The van der Waals surface area contributed by atoms with Crippen LogP contribution in [0.15, 0.2) is 293 Å². The van der Waals surface area contributed by atoms with Gasteiger partial charge in [-0.25, -0.2) is 15.0 Å². The average molecular weight is 1900 g/mol. The van der Waals surface area contributed by atoms with Crippen LogP contribution in [0.4, 0.5) is 34.4 Å². The van der Waals surface area contributed by atoms with Crippen LogP contribution in [-0.2, 0) is 68.6 Å². The number of fused-ring (bicyclic) bond motifs is 9. The summed E-state index contributed by atoms with van der Waals surface area (Å²) >= 11 is 0. The molecule has 0 spiro atoms. The molecule has 0 aliphatic rings. The monoisotopic (exact) mass is 1900 g/mol. The molecule has 0 radical (unpaired) electrons. The van der Waals surface area contributed by atoms with Crippen molar-refractivity contribution >= 4 is 137 Å². The Bertz CT molecular complexity index is 5320. The molecule has 0 bridgehead atoms. The van der Waals surface area contributed by atoms with Gasteiger partial charge in [0.1, 0.15) is 27.8 Å². The first-order valence-corrected chi connectivity index (χ1v) is 38.6. The van der Waals surface area contributed by atoms with Crippen LogP contribution in [0, 0.1) is 36.4 Å². The maximum atomic E-state index is 6.18. The first-order chi connectivity index (χ1) is 48.3. The second-order valence-electron chi connectivity index (χ2n) is 25.4. The van der Waals surface area contributed by atoms with Crippen molar-refractivity contribution in [2.45, 2.75) is 45.5 Å². The predicted molar refractivity (Wildman–Crippen MR) is 402 cm³/mol. The molecule has 0 aliphatic heterocycles. The van der Waals surface area contributed by atoms with Crippen molar-refractivity contribution in [1.82, 2.24) is 29.9 Å². The summed E-state index contributed by atoms with van der Waals surface area (Å²) < 4.78 is 24.2. The van der Waals surface area contributed by atoms with Crippen LogP contribution in [0.2, 0.25) is 26.2 Å².